The van der Waals surface area contributed by atoms with Crippen LogP contribution in [0.3, 0.4) is 0 Å². The number of benzene rings is 1. The predicted molar refractivity (Wildman–Crippen MR) is 125 cm³/mol. The molecule has 1 aromatic carbocycles. The third kappa shape index (κ3) is 4.42. The highest BCUT2D eigenvalue weighted by Crippen LogP contribution is 2.34. The molecule has 0 fully saturated rings. The van der Waals surface area contributed by atoms with E-state index in [-0.39, 0.29) is 5.91 Å². The summed E-state index contributed by atoms with van der Waals surface area (Å²) >= 11 is 2.96. The van der Waals surface area contributed by atoms with Crippen molar-refractivity contribution in [1.29, 1.82) is 0 Å². The van der Waals surface area contributed by atoms with Gasteiger partial charge in [0.05, 0.1) is 24.8 Å². The minimum absolute atomic E-state index is 0.0419. The minimum Gasteiger partial charge on any atom is -0.495 e. The normalized spacial score (nSPS) is 11.0. The molecule has 0 bridgehead atoms. The number of para-hydroxylation sites is 2. The average molecular weight is 470 g/mol. The van der Waals surface area contributed by atoms with Crippen molar-refractivity contribution in [1.82, 2.24) is 24.6 Å². The zero-order valence-electron chi connectivity index (χ0n) is 18.0. The van der Waals surface area contributed by atoms with E-state index in [1.54, 1.807) is 18.3 Å². The van der Waals surface area contributed by atoms with Crippen LogP contribution in [-0.2, 0) is 5.75 Å². The number of furan rings is 1. The van der Waals surface area contributed by atoms with E-state index in [2.05, 4.69) is 15.2 Å². The molecule has 0 aliphatic rings. The fraction of sp³-hybridized carbons (Fsp3) is 0.273. The van der Waals surface area contributed by atoms with Crippen LogP contribution in [0.2, 0.25) is 0 Å². The fourth-order valence-electron chi connectivity index (χ4n) is 3.24. The number of amides is 1. The number of nitrogens with zero attached hydrogens (tertiary/aromatic N) is 5. The van der Waals surface area contributed by atoms with Gasteiger partial charge in [0.1, 0.15) is 16.5 Å². The molecular formula is C22H23N5O3S2. The standard InChI is InChI=1S/C22H23N5O3S2/c1-4-26(5-2)21(28)15-13-31-19(23-15)14-32-22-25-24-20(18-11-8-12-30-18)27(22)16-9-6-7-10-17(16)29-3/h6-13H,4-5,14H2,1-3H3. The molecule has 0 aliphatic heterocycles. The van der Waals surface area contributed by atoms with Crippen LogP contribution in [-0.4, -0.2) is 50.8 Å². The van der Waals surface area contributed by atoms with Gasteiger partial charge in [-0.15, -0.1) is 21.5 Å². The highest BCUT2D eigenvalue weighted by Gasteiger charge is 2.21. The Kier molecular flexibility index (Phi) is 6.91. The maximum absolute atomic E-state index is 12.6. The molecule has 4 rings (SSSR count). The van der Waals surface area contributed by atoms with Crippen LogP contribution in [0.4, 0.5) is 0 Å². The van der Waals surface area contributed by atoms with Gasteiger partial charge in [0.15, 0.2) is 10.9 Å². The molecule has 0 atom stereocenters. The summed E-state index contributed by atoms with van der Waals surface area (Å²) in [6.45, 7) is 5.25. The summed E-state index contributed by atoms with van der Waals surface area (Å²) in [5.74, 6) is 2.40. The molecule has 3 aromatic heterocycles. The molecule has 0 saturated heterocycles. The van der Waals surface area contributed by atoms with Gasteiger partial charge in [0.2, 0.25) is 5.82 Å². The molecule has 0 saturated carbocycles. The average Bonchev–Trinajstić information content (AvgIpc) is 3.59. The summed E-state index contributed by atoms with van der Waals surface area (Å²) in [6, 6.07) is 11.3. The Morgan fingerprint density at radius 2 is 2.00 bits per heavy atom. The number of methoxy groups -OCH3 is 1. The van der Waals surface area contributed by atoms with E-state index in [1.165, 1.54) is 23.1 Å². The van der Waals surface area contributed by atoms with Crippen molar-refractivity contribution in [2.24, 2.45) is 0 Å². The van der Waals surface area contributed by atoms with E-state index in [1.807, 2.05) is 60.2 Å². The monoisotopic (exact) mass is 469 g/mol. The van der Waals surface area contributed by atoms with E-state index < -0.39 is 0 Å². The second-order valence-corrected chi connectivity index (χ2v) is 8.57. The summed E-state index contributed by atoms with van der Waals surface area (Å²) in [7, 11) is 1.63. The lowest BCUT2D eigenvalue weighted by Gasteiger charge is -2.16. The molecule has 4 aromatic rings. The van der Waals surface area contributed by atoms with Crippen LogP contribution in [0.15, 0.2) is 57.6 Å². The Morgan fingerprint density at radius 3 is 2.72 bits per heavy atom. The van der Waals surface area contributed by atoms with Gasteiger partial charge in [0.25, 0.3) is 5.91 Å². The van der Waals surface area contributed by atoms with Crippen LogP contribution in [0.1, 0.15) is 29.3 Å². The van der Waals surface area contributed by atoms with E-state index in [4.69, 9.17) is 9.15 Å². The fourth-order valence-corrected chi connectivity index (χ4v) is 4.97. The number of thioether (sulfide) groups is 1. The largest absolute Gasteiger partial charge is 0.495 e. The Bertz CT molecular complexity index is 1180. The molecule has 0 spiro atoms. The third-order valence-corrected chi connectivity index (χ3v) is 6.82. The summed E-state index contributed by atoms with van der Waals surface area (Å²) in [4.78, 5) is 18.9. The topological polar surface area (TPSA) is 86.3 Å². The molecule has 8 nitrogen and oxygen atoms in total. The van der Waals surface area contributed by atoms with Crippen LogP contribution in [0.25, 0.3) is 17.3 Å². The summed E-state index contributed by atoms with van der Waals surface area (Å²) in [5, 5.41) is 12.1. The van der Waals surface area contributed by atoms with Gasteiger partial charge in [0, 0.05) is 18.5 Å². The molecule has 166 valence electrons. The SMILES string of the molecule is CCN(CC)C(=O)c1csc(CSc2nnc(-c3ccco3)n2-c2ccccc2OC)n1. The molecule has 32 heavy (non-hydrogen) atoms. The first-order valence-corrected chi connectivity index (χ1v) is 12.0. The highest BCUT2D eigenvalue weighted by atomic mass is 32.2. The Labute approximate surface area is 194 Å². The van der Waals surface area contributed by atoms with Gasteiger partial charge in [-0.3, -0.25) is 9.36 Å². The predicted octanol–water partition coefficient (Wildman–Crippen LogP) is 4.77. The summed E-state index contributed by atoms with van der Waals surface area (Å²) < 4.78 is 13.1. The van der Waals surface area contributed by atoms with E-state index >= 15 is 0 Å². The van der Waals surface area contributed by atoms with Crippen molar-refractivity contribution in [2.75, 3.05) is 20.2 Å². The van der Waals surface area contributed by atoms with Gasteiger partial charge in [-0.2, -0.15) is 0 Å². The zero-order valence-corrected chi connectivity index (χ0v) is 19.7. The lowest BCUT2D eigenvalue weighted by molar-refractivity contribution is 0.0768. The van der Waals surface area contributed by atoms with Crippen LogP contribution in [0, 0.1) is 0 Å². The minimum atomic E-state index is -0.0419. The van der Waals surface area contributed by atoms with Gasteiger partial charge >= 0.3 is 0 Å². The molecule has 1 amide bonds. The number of ether oxygens (including phenoxy) is 1. The number of hydrogen-bond acceptors (Lipinski definition) is 8. The van der Waals surface area contributed by atoms with Gasteiger partial charge in [-0.1, -0.05) is 23.9 Å². The lowest BCUT2D eigenvalue weighted by atomic mass is 10.3. The third-order valence-electron chi connectivity index (χ3n) is 4.85. The Morgan fingerprint density at radius 1 is 1.19 bits per heavy atom. The lowest BCUT2D eigenvalue weighted by Crippen LogP contribution is -2.30. The molecule has 0 aliphatic carbocycles. The van der Waals surface area contributed by atoms with E-state index in [0.29, 0.717) is 47.0 Å². The molecule has 0 radical (unpaired) electrons. The molecule has 0 unspecified atom stereocenters. The van der Waals surface area contributed by atoms with Crippen molar-refractivity contribution in [3.8, 4) is 23.0 Å². The molecular weight excluding hydrogens is 446 g/mol. The van der Waals surface area contributed by atoms with Crippen molar-refractivity contribution in [2.45, 2.75) is 24.8 Å². The Hall–Kier alpha value is -3.11. The molecule has 3 heterocycles. The maximum atomic E-state index is 12.6. The first kappa shape index (κ1) is 22.1. The number of rotatable bonds is 9. The van der Waals surface area contributed by atoms with Crippen molar-refractivity contribution in [3.63, 3.8) is 0 Å². The summed E-state index contributed by atoms with van der Waals surface area (Å²) in [6.07, 6.45) is 1.60. The number of hydrogen-bond donors (Lipinski definition) is 0. The van der Waals surface area contributed by atoms with Crippen LogP contribution in [0.5, 0.6) is 5.75 Å². The quantitative estimate of drug-likeness (QED) is 0.327. The maximum Gasteiger partial charge on any atom is 0.273 e. The van der Waals surface area contributed by atoms with Crippen molar-refractivity contribution >= 4 is 29.0 Å². The first-order valence-electron chi connectivity index (χ1n) is 10.1. The van der Waals surface area contributed by atoms with Crippen LogP contribution >= 0.6 is 23.1 Å². The first-order chi connectivity index (χ1) is 15.7. The van der Waals surface area contributed by atoms with Crippen molar-refractivity contribution < 1.29 is 13.9 Å². The van der Waals surface area contributed by atoms with E-state index in [9.17, 15) is 4.79 Å². The number of carbonyl (C=O) groups excluding carboxylic acids is 1. The van der Waals surface area contributed by atoms with Crippen LogP contribution < -0.4 is 4.74 Å². The Balaban J connectivity index is 1.62. The molecule has 10 heteroatoms. The second kappa shape index (κ2) is 10.0. The smallest absolute Gasteiger partial charge is 0.273 e. The highest BCUT2D eigenvalue weighted by molar-refractivity contribution is 7.98. The van der Waals surface area contributed by atoms with E-state index in [0.717, 1.165) is 10.7 Å². The van der Waals surface area contributed by atoms with Gasteiger partial charge in [-0.25, -0.2) is 4.98 Å². The summed E-state index contributed by atoms with van der Waals surface area (Å²) in [5.41, 5.74) is 1.29. The van der Waals surface area contributed by atoms with Gasteiger partial charge in [-0.05, 0) is 38.1 Å². The number of thiazole rings is 1. The second-order valence-electron chi connectivity index (χ2n) is 6.68. The number of aromatic nitrogens is 4. The zero-order chi connectivity index (χ0) is 22.5. The molecule has 0 N–H and O–H groups in total. The number of carbonyl (C=O) groups is 1. The van der Waals surface area contributed by atoms with Gasteiger partial charge < -0.3 is 14.1 Å². The van der Waals surface area contributed by atoms with Crippen molar-refractivity contribution in [3.05, 3.63) is 58.7 Å².